The standard InChI is InChI=1S/C10H10F3N/c11-8-3-1-2-7-6(8)4-5-14-9(7)10(12)13/h1-3,9-10,14H,4-5H2. The highest BCUT2D eigenvalue weighted by atomic mass is 19.3. The van der Waals surface area contributed by atoms with Crippen molar-refractivity contribution in [1.29, 1.82) is 0 Å². The van der Waals surface area contributed by atoms with E-state index in [1.807, 2.05) is 0 Å². The lowest BCUT2D eigenvalue weighted by atomic mass is 9.94. The molecular formula is C10H10F3N. The molecule has 14 heavy (non-hydrogen) atoms. The molecule has 0 radical (unpaired) electrons. The fourth-order valence-electron chi connectivity index (χ4n) is 1.82. The van der Waals surface area contributed by atoms with E-state index in [0.717, 1.165) is 0 Å². The fraction of sp³-hybridized carbons (Fsp3) is 0.400. The first-order valence-corrected chi connectivity index (χ1v) is 4.49. The summed E-state index contributed by atoms with van der Waals surface area (Å²) >= 11 is 0. The second kappa shape index (κ2) is 3.61. The summed E-state index contributed by atoms with van der Waals surface area (Å²) in [4.78, 5) is 0. The molecule has 0 spiro atoms. The Labute approximate surface area is 79.9 Å². The Bertz CT molecular complexity index is 338. The number of alkyl halides is 2. The highest BCUT2D eigenvalue weighted by molar-refractivity contribution is 5.34. The highest BCUT2D eigenvalue weighted by Gasteiger charge is 2.28. The van der Waals surface area contributed by atoms with Crippen LogP contribution in [-0.2, 0) is 6.42 Å². The molecule has 1 heterocycles. The number of halogens is 3. The number of hydrogen-bond acceptors (Lipinski definition) is 1. The van der Waals surface area contributed by atoms with Gasteiger partial charge in [0, 0.05) is 6.54 Å². The van der Waals surface area contributed by atoms with E-state index in [-0.39, 0.29) is 5.82 Å². The fourth-order valence-corrected chi connectivity index (χ4v) is 1.82. The van der Waals surface area contributed by atoms with Crippen LogP contribution >= 0.6 is 0 Å². The zero-order chi connectivity index (χ0) is 10.1. The Morgan fingerprint density at radius 2 is 2.14 bits per heavy atom. The summed E-state index contributed by atoms with van der Waals surface area (Å²) in [5, 5.41) is 2.69. The van der Waals surface area contributed by atoms with Gasteiger partial charge in [-0.05, 0) is 23.6 Å². The van der Waals surface area contributed by atoms with Crippen molar-refractivity contribution in [3.05, 3.63) is 35.1 Å². The van der Waals surface area contributed by atoms with Gasteiger partial charge in [0.2, 0.25) is 0 Å². The monoisotopic (exact) mass is 201 g/mol. The third kappa shape index (κ3) is 1.50. The normalized spacial score (nSPS) is 21.0. The molecular weight excluding hydrogens is 191 g/mol. The van der Waals surface area contributed by atoms with E-state index in [0.29, 0.717) is 24.1 Å². The van der Waals surface area contributed by atoms with E-state index in [2.05, 4.69) is 5.32 Å². The van der Waals surface area contributed by atoms with Crippen molar-refractivity contribution in [2.45, 2.75) is 18.9 Å². The molecule has 76 valence electrons. The number of hydrogen-bond donors (Lipinski definition) is 1. The van der Waals surface area contributed by atoms with Crippen LogP contribution in [0, 0.1) is 5.82 Å². The molecule has 0 fully saturated rings. The zero-order valence-corrected chi connectivity index (χ0v) is 7.43. The van der Waals surface area contributed by atoms with Crippen LogP contribution in [-0.4, -0.2) is 13.0 Å². The molecule has 0 saturated heterocycles. The van der Waals surface area contributed by atoms with Crippen LogP contribution in [0.3, 0.4) is 0 Å². The zero-order valence-electron chi connectivity index (χ0n) is 7.43. The number of fused-ring (bicyclic) bond motifs is 1. The largest absolute Gasteiger partial charge is 0.305 e. The van der Waals surface area contributed by atoms with Gasteiger partial charge in [-0.3, -0.25) is 0 Å². The maximum absolute atomic E-state index is 13.2. The van der Waals surface area contributed by atoms with Crippen LogP contribution in [0.5, 0.6) is 0 Å². The average Bonchev–Trinajstić information content (AvgIpc) is 2.17. The second-order valence-electron chi connectivity index (χ2n) is 3.32. The Morgan fingerprint density at radius 1 is 1.36 bits per heavy atom. The van der Waals surface area contributed by atoms with Crippen LogP contribution in [0.25, 0.3) is 0 Å². The summed E-state index contributed by atoms with van der Waals surface area (Å²) in [5.41, 5.74) is 0.822. The maximum Gasteiger partial charge on any atom is 0.257 e. The van der Waals surface area contributed by atoms with Crippen molar-refractivity contribution in [2.24, 2.45) is 0 Å². The van der Waals surface area contributed by atoms with Gasteiger partial charge in [-0.2, -0.15) is 0 Å². The molecule has 1 aliphatic rings. The van der Waals surface area contributed by atoms with Gasteiger partial charge >= 0.3 is 0 Å². The van der Waals surface area contributed by atoms with Crippen molar-refractivity contribution in [2.75, 3.05) is 6.54 Å². The minimum atomic E-state index is -2.49. The van der Waals surface area contributed by atoms with Gasteiger partial charge in [0.1, 0.15) is 5.82 Å². The molecule has 0 aromatic heterocycles. The summed E-state index contributed by atoms with van der Waals surface area (Å²) in [6, 6.07) is 3.32. The molecule has 1 nitrogen and oxygen atoms in total. The van der Waals surface area contributed by atoms with E-state index in [9.17, 15) is 13.2 Å². The minimum Gasteiger partial charge on any atom is -0.305 e. The third-order valence-corrected chi connectivity index (χ3v) is 2.48. The maximum atomic E-state index is 13.2. The molecule has 2 rings (SSSR count). The number of rotatable bonds is 1. The van der Waals surface area contributed by atoms with Crippen molar-refractivity contribution >= 4 is 0 Å². The van der Waals surface area contributed by atoms with Crippen LogP contribution in [0.2, 0.25) is 0 Å². The Balaban J connectivity index is 2.44. The molecule has 1 unspecified atom stereocenters. The summed E-state index contributed by atoms with van der Waals surface area (Å²) in [6.45, 7) is 0.406. The molecule has 0 bridgehead atoms. The number of benzene rings is 1. The van der Waals surface area contributed by atoms with Crippen LogP contribution in [0.15, 0.2) is 18.2 Å². The number of nitrogens with one attached hydrogen (secondary N) is 1. The molecule has 1 aromatic carbocycles. The predicted octanol–water partition coefficient (Wildman–Crippen LogP) is 2.28. The molecule has 4 heteroatoms. The van der Waals surface area contributed by atoms with Gasteiger partial charge in [0.25, 0.3) is 6.43 Å². The molecule has 0 saturated carbocycles. The van der Waals surface area contributed by atoms with Crippen molar-refractivity contribution in [1.82, 2.24) is 5.32 Å². The third-order valence-electron chi connectivity index (χ3n) is 2.48. The van der Waals surface area contributed by atoms with E-state index in [1.54, 1.807) is 6.07 Å². The van der Waals surface area contributed by atoms with Gasteiger partial charge < -0.3 is 5.32 Å². The molecule has 1 aromatic rings. The Kier molecular flexibility index (Phi) is 2.46. The van der Waals surface area contributed by atoms with Gasteiger partial charge in [-0.1, -0.05) is 12.1 Å². The van der Waals surface area contributed by atoms with E-state index < -0.39 is 12.5 Å². The summed E-state index contributed by atoms with van der Waals surface area (Å²) in [5.74, 6) is -0.380. The van der Waals surface area contributed by atoms with Gasteiger partial charge in [-0.15, -0.1) is 0 Å². The first-order chi connectivity index (χ1) is 6.70. The van der Waals surface area contributed by atoms with Crippen LogP contribution in [0.4, 0.5) is 13.2 Å². The lowest BCUT2D eigenvalue weighted by molar-refractivity contribution is 0.0951. The lowest BCUT2D eigenvalue weighted by Gasteiger charge is -2.26. The summed E-state index contributed by atoms with van der Waals surface area (Å²) in [7, 11) is 0. The van der Waals surface area contributed by atoms with Crippen molar-refractivity contribution < 1.29 is 13.2 Å². The van der Waals surface area contributed by atoms with E-state index in [4.69, 9.17) is 0 Å². The highest BCUT2D eigenvalue weighted by Crippen LogP contribution is 2.28. The summed E-state index contributed by atoms with van der Waals surface area (Å²) in [6.07, 6.45) is -2.01. The lowest BCUT2D eigenvalue weighted by Crippen LogP contribution is -2.34. The summed E-state index contributed by atoms with van der Waals surface area (Å²) < 4.78 is 38.3. The molecule has 0 aliphatic carbocycles. The molecule has 1 N–H and O–H groups in total. The van der Waals surface area contributed by atoms with Crippen molar-refractivity contribution in [3.63, 3.8) is 0 Å². The van der Waals surface area contributed by atoms with Gasteiger partial charge in [0.05, 0.1) is 6.04 Å². The van der Waals surface area contributed by atoms with Gasteiger partial charge in [-0.25, -0.2) is 13.2 Å². The minimum absolute atomic E-state index is 0.380. The Morgan fingerprint density at radius 3 is 2.86 bits per heavy atom. The van der Waals surface area contributed by atoms with Crippen LogP contribution < -0.4 is 5.32 Å². The van der Waals surface area contributed by atoms with E-state index >= 15 is 0 Å². The first kappa shape index (κ1) is 9.52. The molecule has 1 atom stereocenters. The molecule has 1 aliphatic heterocycles. The topological polar surface area (TPSA) is 12.0 Å². The van der Waals surface area contributed by atoms with Crippen molar-refractivity contribution in [3.8, 4) is 0 Å². The quantitative estimate of drug-likeness (QED) is 0.735. The Hall–Kier alpha value is -1.03. The smallest absolute Gasteiger partial charge is 0.257 e. The van der Waals surface area contributed by atoms with Gasteiger partial charge in [0.15, 0.2) is 0 Å². The average molecular weight is 201 g/mol. The SMILES string of the molecule is Fc1cccc2c1CCNC2C(F)F. The predicted molar refractivity (Wildman–Crippen MR) is 46.9 cm³/mol. The first-order valence-electron chi connectivity index (χ1n) is 4.49. The molecule has 0 amide bonds. The van der Waals surface area contributed by atoms with Crippen LogP contribution in [0.1, 0.15) is 17.2 Å². The second-order valence-corrected chi connectivity index (χ2v) is 3.32. The van der Waals surface area contributed by atoms with E-state index in [1.165, 1.54) is 12.1 Å².